The highest BCUT2D eigenvalue weighted by Gasteiger charge is 2.10. The van der Waals surface area contributed by atoms with E-state index in [1.54, 1.807) is 0 Å². The number of rotatable bonds is 2. The van der Waals surface area contributed by atoms with Crippen LogP contribution in [0.1, 0.15) is 5.56 Å². The first-order valence-electron chi connectivity index (χ1n) is 3.61. The van der Waals surface area contributed by atoms with Crippen molar-refractivity contribution in [2.75, 3.05) is 7.11 Å². The lowest BCUT2D eigenvalue weighted by Gasteiger charge is -2.06. The number of phenols is 1. The Labute approximate surface area is 75.0 Å². The van der Waals surface area contributed by atoms with Gasteiger partial charge in [0.05, 0.1) is 19.6 Å². The van der Waals surface area contributed by atoms with Gasteiger partial charge in [-0.25, -0.2) is 4.39 Å². The molecule has 0 aromatic heterocycles. The van der Waals surface area contributed by atoms with Crippen LogP contribution in [-0.4, -0.2) is 12.2 Å². The molecule has 4 heteroatoms. The summed E-state index contributed by atoms with van der Waals surface area (Å²) < 4.78 is 17.9. The molecule has 1 aromatic rings. The van der Waals surface area contributed by atoms with E-state index < -0.39 is 5.82 Å². The second-order valence-corrected chi connectivity index (χ2v) is 2.44. The minimum absolute atomic E-state index is 0.0741. The maximum absolute atomic E-state index is 13.1. The lowest BCUT2D eigenvalue weighted by molar-refractivity contribution is 0.397. The summed E-state index contributed by atoms with van der Waals surface area (Å²) in [6.07, 6.45) is -0.0741. The topological polar surface area (TPSA) is 53.2 Å². The van der Waals surface area contributed by atoms with E-state index in [-0.39, 0.29) is 23.5 Å². The van der Waals surface area contributed by atoms with Crippen LogP contribution in [-0.2, 0) is 6.42 Å². The molecular weight excluding hydrogens is 173 g/mol. The summed E-state index contributed by atoms with van der Waals surface area (Å²) in [5.74, 6) is -0.645. The maximum atomic E-state index is 13.1. The molecule has 0 saturated heterocycles. The number of halogens is 1. The third kappa shape index (κ3) is 1.88. The molecule has 0 bridgehead atoms. The number of aromatic hydroxyl groups is 1. The van der Waals surface area contributed by atoms with Gasteiger partial charge in [-0.1, -0.05) is 0 Å². The van der Waals surface area contributed by atoms with Crippen molar-refractivity contribution in [1.82, 2.24) is 0 Å². The summed E-state index contributed by atoms with van der Waals surface area (Å²) in [6.45, 7) is 0. The van der Waals surface area contributed by atoms with Crippen LogP contribution >= 0.6 is 0 Å². The summed E-state index contributed by atoms with van der Waals surface area (Å²) in [5.41, 5.74) is 0.169. The zero-order chi connectivity index (χ0) is 9.84. The van der Waals surface area contributed by atoms with Gasteiger partial charge in [-0.05, 0) is 0 Å². The van der Waals surface area contributed by atoms with Gasteiger partial charge in [-0.15, -0.1) is 0 Å². The van der Waals surface area contributed by atoms with Crippen LogP contribution in [0.2, 0.25) is 0 Å². The van der Waals surface area contributed by atoms with Crippen molar-refractivity contribution in [3.63, 3.8) is 0 Å². The fourth-order valence-corrected chi connectivity index (χ4v) is 1.03. The Hall–Kier alpha value is -1.76. The Morgan fingerprint density at radius 1 is 1.62 bits per heavy atom. The van der Waals surface area contributed by atoms with Crippen molar-refractivity contribution >= 4 is 0 Å². The van der Waals surface area contributed by atoms with Crippen molar-refractivity contribution in [2.24, 2.45) is 0 Å². The summed E-state index contributed by atoms with van der Waals surface area (Å²) >= 11 is 0. The SMILES string of the molecule is COc1cc(O)cc(F)c1CC#N. The Bertz CT molecular complexity index is 357. The molecule has 3 nitrogen and oxygen atoms in total. The Morgan fingerprint density at radius 3 is 2.85 bits per heavy atom. The second-order valence-electron chi connectivity index (χ2n) is 2.44. The molecule has 0 fully saturated rings. The first-order valence-corrected chi connectivity index (χ1v) is 3.61. The van der Waals surface area contributed by atoms with Crippen molar-refractivity contribution in [1.29, 1.82) is 5.26 Å². The van der Waals surface area contributed by atoms with Gasteiger partial charge in [-0.2, -0.15) is 5.26 Å². The van der Waals surface area contributed by atoms with Gasteiger partial charge in [-0.3, -0.25) is 0 Å². The molecule has 0 amide bonds. The van der Waals surface area contributed by atoms with E-state index >= 15 is 0 Å². The predicted octanol–water partition coefficient (Wildman–Crippen LogP) is 1.61. The van der Waals surface area contributed by atoms with Gasteiger partial charge < -0.3 is 9.84 Å². The molecule has 0 saturated carbocycles. The van der Waals surface area contributed by atoms with Gasteiger partial charge >= 0.3 is 0 Å². The molecule has 68 valence electrons. The molecule has 13 heavy (non-hydrogen) atoms. The number of methoxy groups -OCH3 is 1. The standard InChI is InChI=1S/C9H8FNO2/c1-13-9-5-6(12)4-8(10)7(9)2-3-11/h4-5,12H,2H2,1H3. The van der Waals surface area contributed by atoms with Gasteiger partial charge in [0.25, 0.3) is 0 Å². The number of phenolic OH excluding ortho intramolecular Hbond substituents is 1. The molecule has 0 atom stereocenters. The number of ether oxygens (including phenoxy) is 1. The van der Waals surface area contributed by atoms with E-state index in [0.29, 0.717) is 0 Å². The highest BCUT2D eigenvalue weighted by Crippen LogP contribution is 2.27. The van der Waals surface area contributed by atoms with Crippen LogP contribution in [0.5, 0.6) is 11.5 Å². The van der Waals surface area contributed by atoms with Gasteiger partial charge in [0, 0.05) is 17.7 Å². The third-order valence-corrected chi connectivity index (χ3v) is 1.62. The molecule has 0 aliphatic rings. The summed E-state index contributed by atoms with van der Waals surface area (Å²) in [4.78, 5) is 0. The van der Waals surface area contributed by atoms with Crippen molar-refractivity contribution in [3.05, 3.63) is 23.5 Å². The number of hydrogen-bond donors (Lipinski definition) is 1. The van der Waals surface area contributed by atoms with Crippen LogP contribution < -0.4 is 4.74 Å². The highest BCUT2D eigenvalue weighted by atomic mass is 19.1. The lowest BCUT2D eigenvalue weighted by atomic mass is 10.1. The van der Waals surface area contributed by atoms with E-state index in [1.165, 1.54) is 13.2 Å². The molecule has 1 N–H and O–H groups in total. The predicted molar refractivity (Wildman–Crippen MR) is 43.9 cm³/mol. The number of hydrogen-bond acceptors (Lipinski definition) is 3. The summed E-state index contributed by atoms with van der Waals surface area (Å²) in [6, 6.07) is 4.04. The molecule has 1 aromatic carbocycles. The average Bonchev–Trinajstić information content (AvgIpc) is 2.09. The van der Waals surface area contributed by atoms with Crippen molar-refractivity contribution < 1.29 is 14.2 Å². The molecular formula is C9H8FNO2. The van der Waals surface area contributed by atoms with E-state index in [1.807, 2.05) is 6.07 Å². The van der Waals surface area contributed by atoms with E-state index in [2.05, 4.69) is 0 Å². The molecule has 0 unspecified atom stereocenters. The Morgan fingerprint density at radius 2 is 2.31 bits per heavy atom. The van der Waals surface area contributed by atoms with Crippen LogP contribution in [0.3, 0.4) is 0 Å². The normalized spacial score (nSPS) is 9.31. The van der Waals surface area contributed by atoms with Gasteiger partial charge in [0.1, 0.15) is 17.3 Å². The highest BCUT2D eigenvalue weighted by molar-refractivity contribution is 5.42. The third-order valence-electron chi connectivity index (χ3n) is 1.62. The van der Waals surface area contributed by atoms with Gasteiger partial charge in [0.2, 0.25) is 0 Å². The largest absolute Gasteiger partial charge is 0.508 e. The molecule has 0 heterocycles. The zero-order valence-corrected chi connectivity index (χ0v) is 7.04. The van der Waals surface area contributed by atoms with Crippen LogP contribution in [0.4, 0.5) is 4.39 Å². The first kappa shape index (κ1) is 9.33. The Balaban J connectivity index is 3.23. The summed E-state index contributed by atoms with van der Waals surface area (Å²) in [5, 5.41) is 17.4. The fourth-order valence-electron chi connectivity index (χ4n) is 1.03. The average molecular weight is 181 g/mol. The van der Waals surface area contributed by atoms with E-state index in [4.69, 9.17) is 15.1 Å². The Kier molecular flexibility index (Phi) is 2.70. The maximum Gasteiger partial charge on any atom is 0.134 e. The van der Waals surface area contributed by atoms with Crippen molar-refractivity contribution in [2.45, 2.75) is 6.42 Å². The zero-order valence-electron chi connectivity index (χ0n) is 7.04. The number of nitriles is 1. The quantitative estimate of drug-likeness (QED) is 0.754. The molecule has 0 spiro atoms. The minimum atomic E-state index is -0.626. The van der Waals surface area contributed by atoms with Crippen LogP contribution in [0.25, 0.3) is 0 Å². The van der Waals surface area contributed by atoms with E-state index in [9.17, 15) is 4.39 Å². The van der Waals surface area contributed by atoms with E-state index in [0.717, 1.165) is 6.07 Å². The number of benzene rings is 1. The smallest absolute Gasteiger partial charge is 0.134 e. The van der Waals surface area contributed by atoms with Crippen LogP contribution in [0.15, 0.2) is 12.1 Å². The molecule has 0 aliphatic heterocycles. The van der Waals surface area contributed by atoms with Gasteiger partial charge in [0.15, 0.2) is 0 Å². The lowest BCUT2D eigenvalue weighted by Crippen LogP contribution is -1.94. The fraction of sp³-hybridized carbons (Fsp3) is 0.222. The van der Waals surface area contributed by atoms with Crippen LogP contribution in [0, 0.1) is 17.1 Å². The second kappa shape index (κ2) is 3.76. The minimum Gasteiger partial charge on any atom is -0.508 e. The first-order chi connectivity index (χ1) is 6.19. The molecule has 0 radical (unpaired) electrons. The molecule has 0 aliphatic carbocycles. The molecule has 1 rings (SSSR count). The number of nitrogens with zero attached hydrogens (tertiary/aromatic N) is 1. The van der Waals surface area contributed by atoms with Crippen molar-refractivity contribution in [3.8, 4) is 17.6 Å². The monoisotopic (exact) mass is 181 g/mol. The summed E-state index contributed by atoms with van der Waals surface area (Å²) in [7, 11) is 1.36.